The second-order valence-electron chi connectivity index (χ2n) is 9.93. The minimum Gasteiger partial charge on any atom is -0.494 e. The third kappa shape index (κ3) is 11.4. The monoisotopic (exact) mass is 609 g/mol. The molecule has 2 aromatic rings. The van der Waals surface area contributed by atoms with Crippen molar-refractivity contribution in [3.63, 3.8) is 0 Å². The Morgan fingerprint density at radius 3 is 1.66 bits per heavy atom. The molecular weight excluding hydrogens is 569 g/mol. The molecule has 0 fully saturated rings. The van der Waals surface area contributed by atoms with Gasteiger partial charge in [0.1, 0.15) is 36.1 Å². The number of benzene rings is 2. The Labute approximate surface area is 258 Å². The van der Waals surface area contributed by atoms with Crippen LogP contribution in [0.15, 0.2) is 108 Å². The lowest BCUT2D eigenvalue weighted by Crippen LogP contribution is -2.21. The number of hydrogen-bond acceptors (Lipinski definition) is 3. The quantitative estimate of drug-likeness (QED) is 0.145. The van der Waals surface area contributed by atoms with E-state index in [1.165, 1.54) is 5.71 Å². The standard InChI is InChI=1S/C35H40NO3.BF4/c1-5-23-36(24-6-2)31-16-9-27(10-17-31)11-18-34-25-30(28-12-19-32(20-13-28)37-7-3)26-35(39-34)29-14-21-33(22-15-29)38-8-4;2-1(3,4)5/h9-22,25-26H,5-8,23-24H2,1-4H3;/q+1;-1/b34-18+;. The summed E-state index contributed by atoms with van der Waals surface area (Å²) in [5, 5.41) is 0. The predicted octanol–water partition coefficient (Wildman–Crippen LogP) is 9.45. The van der Waals surface area contributed by atoms with E-state index < -0.39 is 7.25 Å². The summed E-state index contributed by atoms with van der Waals surface area (Å²) < 4.78 is 59.1. The van der Waals surface area contributed by atoms with Crippen molar-refractivity contribution in [2.75, 3.05) is 26.3 Å². The van der Waals surface area contributed by atoms with Crippen LogP contribution in [0.3, 0.4) is 0 Å². The first-order valence-electron chi connectivity index (χ1n) is 15.0. The Hall–Kier alpha value is -4.27. The van der Waals surface area contributed by atoms with E-state index >= 15 is 0 Å². The zero-order valence-corrected chi connectivity index (χ0v) is 25.7. The Morgan fingerprint density at radius 1 is 0.682 bits per heavy atom. The van der Waals surface area contributed by atoms with Crippen molar-refractivity contribution in [2.45, 2.75) is 40.5 Å². The topological polar surface area (TPSA) is 30.7 Å². The second kappa shape index (κ2) is 17.1. The number of rotatable bonds is 11. The van der Waals surface area contributed by atoms with Crippen LogP contribution < -0.4 is 9.47 Å². The number of allylic oxidation sites excluding steroid dienone is 10. The van der Waals surface area contributed by atoms with Gasteiger partial charge in [-0.3, -0.25) is 0 Å². The summed E-state index contributed by atoms with van der Waals surface area (Å²) in [5.41, 5.74) is 5.59. The van der Waals surface area contributed by atoms with E-state index in [4.69, 9.17) is 14.2 Å². The van der Waals surface area contributed by atoms with E-state index in [0.717, 1.165) is 71.2 Å². The highest BCUT2D eigenvalue weighted by Gasteiger charge is 2.20. The number of nitrogens with zero attached hydrogens (tertiary/aromatic N) is 1. The van der Waals surface area contributed by atoms with Crippen LogP contribution in [-0.2, 0) is 4.74 Å². The average molecular weight is 610 g/mol. The zero-order valence-electron chi connectivity index (χ0n) is 25.7. The van der Waals surface area contributed by atoms with E-state index in [-0.39, 0.29) is 0 Å². The van der Waals surface area contributed by atoms with Crippen LogP contribution in [-0.4, -0.2) is 43.8 Å². The van der Waals surface area contributed by atoms with Gasteiger partial charge in [0, 0.05) is 30.6 Å². The molecule has 1 aliphatic heterocycles. The molecule has 0 radical (unpaired) electrons. The van der Waals surface area contributed by atoms with Gasteiger partial charge in [0.15, 0.2) is 5.71 Å². The van der Waals surface area contributed by atoms with E-state index in [0.29, 0.717) is 13.2 Å². The minimum absolute atomic E-state index is 0.641. The molecule has 4 rings (SSSR count). The maximum absolute atomic E-state index is 9.75. The molecule has 0 bridgehead atoms. The maximum atomic E-state index is 9.75. The van der Waals surface area contributed by atoms with Gasteiger partial charge in [-0.15, -0.1) is 0 Å². The molecular formula is C35H40BF4NO3. The van der Waals surface area contributed by atoms with Crippen LogP contribution in [0.4, 0.5) is 17.3 Å². The first-order chi connectivity index (χ1) is 21.1. The molecule has 0 spiro atoms. The van der Waals surface area contributed by atoms with Gasteiger partial charge in [0.05, 0.1) is 13.2 Å². The van der Waals surface area contributed by atoms with Gasteiger partial charge < -0.3 is 31.5 Å². The van der Waals surface area contributed by atoms with Crippen LogP contribution >= 0.6 is 0 Å². The Bertz CT molecular complexity index is 1420. The van der Waals surface area contributed by atoms with Gasteiger partial charge in [-0.25, -0.2) is 4.58 Å². The van der Waals surface area contributed by atoms with Crippen LogP contribution in [0, 0.1) is 0 Å². The van der Waals surface area contributed by atoms with Gasteiger partial charge in [-0.1, -0.05) is 32.1 Å². The first kappa shape index (κ1) is 34.2. The summed E-state index contributed by atoms with van der Waals surface area (Å²) in [6, 6.07) is 16.2. The third-order valence-corrected chi connectivity index (χ3v) is 6.45. The molecule has 0 N–H and O–H groups in total. The van der Waals surface area contributed by atoms with Gasteiger partial charge in [-0.05, 0) is 97.3 Å². The molecule has 0 saturated heterocycles. The largest absolute Gasteiger partial charge is 0.673 e. The summed E-state index contributed by atoms with van der Waals surface area (Å²) in [6.07, 6.45) is 19.4. The molecule has 0 aromatic heterocycles. The highest BCUT2D eigenvalue weighted by Crippen LogP contribution is 2.33. The average Bonchev–Trinajstić information content (AvgIpc) is 3.00. The van der Waals surface area contributed by atoms with Gasteiger partial charge in [0.2, 0.25) is 0 Å². The fourth-order valence-electron chi connectivity index (χ4n) is 4.59. The lowest BCUT2D eigenvalue weighted by molar-refractivity contribution is -0.526. The Morgan fingerprint density at radius 2 is 1.18 bits per heavy atom. The van der Waals surface area contributed by atoms with E-state index in [2.05, 4.69) is 73.1 Å². The van der Waals surface area contributed by atoms with Crippen molar-refractivity contribution in [3.8, 4) is 11.5 Å². The molecule has 1 heterocycles. The van der Waals surface area contributed by atoms with Crippen LogP contribution in [0.2, 0.25) is 0 Å². The van der Waals surface area contributed by atoms with Crippen molar-refractivity contribution >= 4 is 24.3 Å². The summed E-state index contributed by atoms with van der Waals surface area (Å²) in [7, 11) is -6.00. The summed E-state index contributed by atoms with van der Waals surface area (Å²) in [6.45, 7) is 11.9. The van der Waals surface area contributed by atoms with Crippen LogP contribution in [0.5, 0.6) is 11.5 Å². The first-order valence-corrected chi connectivity index (χ1v) is 15.0. The van der Waals surface area contributed by atoms with Crippen LogP contribution in [0.25, 0.3) is 11.3 Å². The van der Waals surface area contributed by atoms with E-state index in [1.54, 1.807) is 0 Å². The van der Waals surface area contributed by atoms with E-state index in [9.17, 15) is 17.3 Å². The van der Waals surface area contributed by atoms with E-state index in [1.807, 2.05) is 56.3 Å². The lowest BCUT2D eigenvalue weighted by atomic mass is 10.00. The van der Waals surface area contributed by atoms with Crippen LogP contribution in [0.1, 0.15) is 51.7 Å². The Kier molecular flexibility index (Phi) is 13.3. The molecule has 0 saturated carbocycles. The second-order valence-corrected chi connectivity index (χ2v) is 9.93. The fourth-order valence-corrected chi connectivity index (χ4v) is 4.59. The molecule has 0 unspecified atom stereocenters. The molecule has 2 aliphatic rings. The van der Waals surface area contributed by atoms with Crippen molar-refractivity contribution in [1.29, 1.82) is 0 Å². The number of ether oxygens (including phenoxy) is 3. The molecule has 2 aromatic carbocycles. The summed E-state index contributed by atoms with van der Waals surface area (Å²) in [4.78, 5) is 0. The lowest BCUT2D eigenvalue weighted by Gasteiger charge is -2.19. The third-order valence-electron chi connectivity index (χ3n) is 6.45. The number of hydrogen-bond donors (Lipinski definition) is 0. The van der Waals surface area contributed by atoms with Gasteiger partial charge >= 0.3 is 7.25 Å². The van der Waals surface area contributed by atoms with Crippen molar-refractivity contribution in [1.82, 2.24) is 0 Å². The molecule has 4 nitrogen and oxygen atoms in total. The number of halogens is 4. The van der Waals surface area contributed by atoms with Crippen molar-refractivity contribution in [2.24, 2.45) is 0 Å². The minimum atomic E-state index is -6.00. The maximum Gasteiger partial charge on any atom is 0.673 e. The highest BCUT2D eigenvalue weighted by molar-refractivity contribution is 6.50. The molecule has 1 aliphatic carbocycles. The molecule has 0 amide bonds. The fraction of sp³-hybridized carbons (Fsp3) is 0.286. The van der Waals surface area contributed by atoms with Gasteiger partial charge in [0.25, 0.3) is 0 Å². The summed E-state index contributed by atoms with van der Waals surface area (Å²) >= 11 is 0. The molecule has 0 atom stereocenters. The molecule has 44 heavy (non-hydrogen) atoms. The zero-order chi connectivity index (χ0) is 32.0. The summed E-state index contributed by atoms with van der Waals surface area (Å²) in [5.74, 6) is 3.31. The molecule has 9 heteroatoms. The van der Waals surface area contributed by atoms with Crippen molar-refractivity contribution < 1.29 is 36.0 Å². The SMILES string of the molecule is CCC[N+](CCC)=C1C=CC(=C/C=C2\C=C(c3ccc(OCC)cc3)C=C(c3ccc(OCC)cc3)O2)C=C1.F[B-](F)(F)F. The predicted molar refractivity (Wildman–Crippen MR) is 172 cm³/mol. The van der Waals surface area contributed by atoms with Crippen molar-refractivity contribution in [3.05, 3.63) is 120 Å². The Balaban J connectivity index is 0.000000978. The normalized spacial score (nSPS) is 15.1. The highest BCUT2D eigenvalue weighted by atomic mass is 19.5. The van der Waals surface area contributed by atoms with Gasteiger partial charge in [-0.2, -0.15) is 0 Å². The molecule has 234 valence electrons. The smallest absolute Gasteiger partial charge is 0.494 e.